The van der Waals surface area contributed by atoms with Crippen molar-refractivity contribution in [3.63, 3.8) is 0 Å². The molecule has 2 heterocycles. The molecule has 0 saturated carbocycles. The fraction of sp³-hybridized carbons (Fsp3) is 0.111. The van der Waals surface area contributed by atoms with Crippen molar-refractivity contribution in [2.24, 2.45) is 0 Å². The summed E-state index contributed by atoms with van der Waals surface area (Å²) in [6, 6.07) is 15.2. The van der Waals surface area contributed by atoms with E-state index in [2.05, 4.69) is 20.0 Å². The topological polar surface area (TPSA) is 93.2 Å². The normalized spacial score (nSPS) is 11.0. The molecule has 2 N–H and O–H groups in total. The monoisotopic (exact) mass is 370 g/mol. The average Bonchev–Trinajstić information content (AvgIpc) is 2.68. The van der Waals surface area contributed by atoms with E-state index in [1.165, 1.54) is 19.2 Å². The van der Waals surface area contributed by atoms with Gasteiger partial charge in [-0.1, -0.05) is 6.07 Å². The number of nitrogens with zero attached hydrogens (tertiary/aromatic N) is 2. The van der Waals surface area contributed by atoms with Crippen LogP contribution in [0, 0.1) is 0 Å². The summed E-state index contributed by atoms with van der Waals surface area (Å²) >= 11 is 0. The Morgan fingerprint density at radius 1 is 1.00 bits per heavy atom. The lowest BCUT2D eigenvalue weighted by Gasteiger charge is -2.09. The Labute approximate surface area is 152 Å². The fourth-order valence-electron chi connectivity index (χ4n) is 2.21. The first-order valence-corrected chi connectivity index (χ1v) is 9.32. The first kappa shape index (κ1) is 17.7. The van der Waals surface area contributed by atoms with E-state index in [1.54, 1.807) is 36.7 Å². The van der Waals surface area contributed by atoms with Gasteiger partial charge in [0.05, 0.1) is 36.1 Å². The van der Waals surface area contributed by atoms with Crippen LogP contribution in [-0.2, 0) is 16.6 Å². The summed E-state index contributed by atoms with van der Waals surface area (Å²) in [5.41, 5.74) is 1.67. The Morgan fingerprint density at radius 3 is 2.42 bits per heavy atom. The molecule has 3 rings (SSSR count). The van der Waals surface area contributed by atoms with Gasteiger partial charge in [-0.3, -0.25) is 9.71 Å². The van der Waals surface area contributed by atoms with Gasteiger partial charge in [-0.2, -0.15) is 0 Å². The average molecular weight is 370 g/mol. The van der Waals surface area contributed by atoms with Crippen molar-refractivity contribution >= 4 is 21.5 Å². The van der Waals surface area contributed by atoms with Gasteiger partial charge in [0, 0.05) is 6.20 Å². The zero-order valence-corrected chi connectivity index (χ0v) is 14.9. The van der Waals surface area contributed by atoms with Gasteiger partial charge in [0.25, 0.3) is 10.0 Å². The molecular formula is C18H18N4O3S. The highest BCUT2D eigenvalue weighted by Crippen LogP contribution is 2.19. The number of methoxy groups -OCH3 is 1. The SMILES string of the molecule is COc1ccc(S(=O)(=O)Nc2ccc(NCc3ccccn3)cn2)cc1. The number of anilines is 2. The Kier molecular flexibility index (Phi) is 5.33. The molecule has 0 amide bonds. The first-order valence-electron chi connectivity index (χ1n) is 7.83. The lowest BCUT2D eigenvalue weighted by Crippen LogP contribution is -2.14. The molecule has 26 heavy (non-hydrogen) atoms. The van der Waals surface area contributed by atoms with Crippen LogP contribution in [0.2, 0.25) is 0 Å². The summed E-state index contributed by atoms with van der Waals surface area (Å²) in [6.07, 6.45) is 3.29. The lowest BCUT2D eigenvalue weighted by atomic mass is 10.3. The van der Waals surface area contributed by atoms with E-state index in [0.29, 0.717) is 12.3 Å². The number of sulfonamides is 1. The van der Waals surface area contributed by atoms with Crippen LogP contribution in [0.4, 0.5) is 11.5 Å². The summed E-state index contributed by atoms with van der Waals surface area (Å²) < 4.78 is 32.2. The van der Waals surface area contributed by atoms with Crippen LogP contribution >= 0.6 is 0 Å². The minimum absolute atomic E-state index is 0.137. The Bertz CT molecular complexity index is 944. The molecule has 7 nitrogen and oxygen atoms in total. The molecule has 8 heteroatoms. The predicted molar refractivity (Wildman–Crippen MR) is 99.6 cm³/mol. The van der Waals surface area contributed by atoms with Crippen molar-refractivity contribution in [2.45, 2.75) is 11.4 Å². The fourth-order valence-corrected chi connectivity index (χ4v) is 3.21. The van der Waals surface area contributed by atoms with E-state index in [0.717, 1.165) is 11.4 Å². The van der Waals surface area contributed by atoms with E-state index in [9.17, 15) is 8.42 Å². The van der Waals surface area contributed by atoms with Gasteiger partial charge in [0.15, 0.2) is 0 Å². The largest absolute Gasteiger partial charge is 0.497 e. The highest BCUT2D eigenvalue weighted by atomic mass is 32.2. The molecule has 0 aliphatic rings. The summed E-state index contributed by atoms with van der Waals surface area (Å²) in [5.74, 6) is 0.828. The number of benzene rings is 1. The van der Waals surface area contributed by atoms with Gasteiger partial charge in [-0.25, -0.2) is 13.4 Å². The predicted octanol–water partition coefficient (Wildman–Crippen LogP) is 2.90. The van der Waals surface area contributed by atoms with E-state index >= 15 is 0 Å². The second-order valence-electron chi connectivity index (χ2n) is 5.39. The summed E-state index contributed by atoms with van der Waals surface area (Å²) in [4.78, 5) is 8.50. The third kappa shape index (κ3) is 4.48. The van der Waals surface area contributed by atoms with Crippen molar-refractivity contribution in [3.05, 3.63) is 72.7 Å². The quantitative estimate of drug-likeness (QED) is 0.664. The molecule has 0 saturated heterocycles. The third-order valence-corrected chi connectivity index (χ3v) is 4.94. The molecule has 0 fully saturated rings. The Morgan fingerprint density at radius 2 is 1.81 bits per heavy atom. The third-order valence-electron chi connectivity index (χ3n) is 3.57. The van der Waals surface area contributed by atoms with E-state index < -0.39 is 10.0 Å². The molecule has 1 aromatic carbocycles. The summed E-state index contributed by atoms with van der Waals surface area (Å²) in [5, 5.41) is 3.18. The van der Waals surface area contributed by atoms with Crippen LogP contribution in [-0.4, -0.2) is 25.5 Å². The molecule has 2 aromatic heterocycles. The van der Waals surface area contributed by atoms with Crippen LogP contribution < -0.4 is 14.8 Å². The number of nitrogens with one attached hydrogen (secondary N) is 2. The molecule has 0 atom stereocenters. The summed E-state index contributed by atoms with van der Waals surface area (Å²) in [6.45, 7) is 0.555. The van der Waals surface area contributed by atoms with Crippen LogP contribution in [0.5, 0.6) is 5.75 Å². The number of hydrogen-bond donors (Lipinski definition) is 2. The van der Waals surface area contributed by atoms with Gasteiger partial charge in [0.2, 0.25) is 0 Å². The smallest absolute Gasteiger partial charge is 0.263 e. The minimum Gasteiger partial charge on any atom is -0.497 e. The van der Waals surface area contributed by atoms with Crippen molar-refractivity contribution in [2.75, 3.05) is 17.1 Å². The molecule has 0 unspecified atom stereocenters. The Hall–Kier alpha value is -3.13. The van der Waals surface area contributed by atoms with Crippen LogP contribution in [0.3, 0.4) is 0 Å². The van der Waals surface area contributed by atoms with E-state index in [-0.39, 0.29) is 10.7 Å². The van der Waals surface area contributed by atoms with Crippen molar-refractivity contribution in [3.8, 4) is 5.75 Å². The summed E-state index contributed by atoms with van der Waals surface area (Å²) in [7, 11) is -2.18. The molecule has 3 aromatic rings. The van der Waals surface area contributed by atoms with Gasteiger partial charge in [0.1, 0.15) is 11.6 Å². The molecule has 134 valence electrons. The van der Waals surface area contributed by atoms with Crippen molar-refractivity contribution < 1.29 is 13.2 Å². The molecule has 0 aliphatic carbocycles. The molecule has 0 spiro atoms. The lowest BCUT2D eigenvalue weighted by molar-refractivity contribution is 0.414. The molecular weight excluding hydrogens is 352 g/mol. The molecule has 0 bridgehead atoms. The zero-order chi connectivity index (χ0) is 18.4. The number of ether oxygens (including phenoxy) is 1. The highest BCUT2D eigenvalue weighted by molar-refractivity contribution is 7.92. The van der Waals surface area contributed by atoms with Gasteiger partial charge < -0.3 is 10.1 Å². The zero-order valence-electron chi connectivity index (χ0n) is 14.1. The molecule has 0 radical (unpaired) electrons. The maximum Gasteiger partial charge on any atom is 0.263 e. The first-order chi connectivity index (χ1) is 12.6. The van der Waals surface area contributed by atoms with E-state index in [4.69, 9.17) is 4.74 Å². The van der Waals surface area contributed by atoms with Gasteiger partial charge in [-0.15, -0.1) is 0 Å². The van der Waals surface area contributed by atoms with E-state index in [1.807, 2.05) is 18.2 Å². The maximum atomic E-state index is 12.4. The molecule has 0 aliphatic heterocycles. The number of aromatic nitrogens is 2. The highest BCUT2D eigenvalue weighted by Gasteiger charge is 2.14. The Balaban J connectivity index is 1.64. The standard InChI is InChI=1S/C18H18N4O3S/c1-25-16-6-8-17(9-7-16)26(23,24)22-18-10-5-15(13-21-18)20-12-14-4-2-3-11-19-14/h2-11,13,20H,12H2,1H3,(H,21,22). The maximum absolute atomic E-state index is 12.4. The van der Waals surface area contributed by atoms with Crippen LogP contribution in [0.25, 0.3) is 0 Å². The number of hydrogen-bond acceptors (Lipinski definition) is 6. The van der Waals surface area contributed by atoms with Crippen molar-refractivity contribution in [1.82, 2.24) is 9.97 Å². The second-order valence-corrected chi connectivity index (χ2v) is 7.07. The minimum atomic E-state index is -3.70. The van der Waals surface area contributed by atoms with Crippen LogP contribution in [0.15, 0.2) is 71.9 Å². The van der Waals surface area contributed by atoms with Crippen molar-refractivity contribution in [1.29, 1.82) is 0 Å². The second kappa shape index (κ2) is 7.83. The van der Waals surface area contributed by atoms with Gasteiger partial charge in [-0.05, 0) is 48.5 Å². The van der Waals surface area contributed by atoms with Crippen LogP contribution in [0.1, 0.15) is 5.69 Å². The number of pyridine rings is 2. The number of rotatable bonds is 7. The van der Waals surface area contributed by atoms with Gasteiger partial charge >= 0.3 is 0 Å².